The van der Waals surface area contributed by atoms with Gasteiger partial charge in [-0.15, -0.1) is 0 Å². The predicted molar refractivity (Wildman–Crippen MR) is 59.5 cm³/mol. The van der Waals surface area contributed by atoms with Crippen LogP contribution in [0.2, 0.25) is 0 Å². The molecule has 1 aliphatic heterocycles. The minimum Gasteiger partial charge on any atom is -0.507 e. The molecule has 2 N–H and O–H groups in total. The predicted octanol–water partition coefficient (Wildman–Crippen LogP) is 2.01. The van der Waals surface area contributed by atoms with Crippen molar-refractivity contribution in [1.82, 2.24) is 5.32 Å². The number of phenols is 1. The summed E-state index contributed by atoms with van der Waals surface area (Å²) in [6, 6.07) is 2.79. The Morgan fingerprint density at radius 3 is 2.88 bits per heavy atom. The zero-order chi connectivity index (χ0) is 11.5. The van der Waals surface area contributed by atoms with Crippen molar-refractivity contribution in [2.24, 2.45) is 0 Å². The van der Waals surface area contributed by atoms with Gasteiger partial charge in [-0.05, 0) is 19.4 Å². The van der Waals surface area contributed by atoms with Crippen molar-refractivity contribution in [2.75, 3.05) is 20.2 Å². The molecule has 4 heteroatoms. The fraction of sp³-hybridized carbons (Fsp3) is 0.500. The van der Waals surface area contributed by atoms with Gasteiger partial charge >= 0.3 is 0 Å². The van der Waals surface area contributed by atoms with E-state index in [0.29, 0.717) is 11.3 Å². The van der Waals surface area contributed by atoms with Crippen molar-refractivity contribution < 1.29 is 14.2 Å². The summed E-state index contributed by atoms with van der Waals surface area (Å²) in [5, 5.41) is 13.0. The number of halogens is 1. The lowest BCUT2D eigenvalue weighted by atomic mass is 9.90. The van der Waals surface area contributed by atoms with E-state index in [0.717, 1.165) is 25.9 Å². The number of hydrogen-bond donors (Lipinski definition) is 2. The fourth-order valence-electron chi connectivity index (χ4n) is 2.20. The highest BCUT2D eigenvalue weighted by Gasteiger charge is 2.22. The second kappa shape index (κ2) is 4.70. The molecule has 2 rings (SSSR count). The fourth-order valence-corrected chi connectivity index (χ4v) is 2.20. The van der Waals surface area contributed by atoms with Crippen LogP contribution in [0.1, 0.15) is 24.3 Å². The van der Waals surface area contributed by atoms with Gasteiger partial charge in [0.1, 0.15) is 17.3 Å². The Labute approximate surface area is 94.2 Å². The van der Waals surface area contributed by atoms with Crippen LogP contribution in [0.3, 0.4) is 0 Å². The first-order chi connectivity index (χ1) is 7.72. The second-order valence-corrected chi connectivity index (χ2v) is 4.09. The van der Waals surface area contributed by atoms with Gasteiger partial charge in [-0.1, -0.05) is 0 Å². The Morgan fingerprint density at radius 1 is 1.50 bits per heavy atom. The highest BCUT2D eigenvalue weighted by atomic mass is 19.1. The Morgan fingerprint density at radius 2 is 2.31 bits per heavy atom. The summed E-state index contributed by atoms with van der Waals surface area (Å²) in [5.74, 6) is 0.0123. The zero-order valence-corrected chi connectivity index (χ0v) is 9.29. The minimum absolute atomic E-state index is 0.00875. The molecule has 1 fully saturated rings. The quantitative estimate of drug-likeness (QED) is 0.809. The molecule has 0 aliphatic carbocycles. The van der Waals surface area contributed by atoms with Crippen LogP contribution in [0.4, 0.5) is 4.39 Å². The smallest absolute Gasteiger partial charge is 0.134 e. The summed E-state index contributed by atoms with van der Waals surface area (Å²) in [7, 11) is 1.45. The number of phenolic OH excluding ortho intramolecular Hbond substituents is 1. The molecule has 0 bridgehead atoms. The van der Waals surface area contributed by atoms with Crippen LogP contribution >= 0.6 is 0 Å². The van der Waals surface area contributed by atoms with E-state index >= 15 is 0 Å². The first kappa shape index (κ1) is 11.2. The summed E-state index contributed by atoms with van der Waals surface area (Å²) in [4.78, 5) is 0. The molecule has 3 nitrogen and oxygen atoms in total. The standard InChI is InChI=1S/C12H16FNO2/c1-16-9-5-10(13)12(11(15)6-9)8-3-2-4-14-7-8/h5-6,8,14-15H,2-4,7H2,1H3. The lowest BCUT2D eigenvalue weighted by molar-refractivity contribution is 0.387. The number of piperidine rings is 1. The SMILES string of the molecule is COc1cc(O)c(C2CCCNC2)c(F)c1. The van der Waals surface area contributed by atoms with E-state index in [1.54, 1.807) is 0 Å². The van der Waals surface area contributed by atoms with E-state index in [9.17, 15) is 9.50 Å². The number of ether oxygens (including phenoxy) is 1. The molecule has 1 aromatic rings. The third kappa shape index (κ3) is 2.11. The number of aromatic hydroxyl groups is 1. The van der Waals surface area contributed by atoms with E-state index in [2.05, 4.69) is 5.32 Å². The van der Waals surface area contributed by atoms with Crippen molar-refractivity contribution in [3.63, 3.8) is 0 Å². The Hall–Kier alpha value is -1.29. The number of benzene rings is 1. The number of hydrogen-bond acceptors (Lipinski definition) is 3. The number of methoxy groups -OCH3 is 1. The molecule has 0 aromatic heterocycles. The molecular formula is C12H16FNO2. The molecule has 1 aromatic carbocycles. The first-order valence-electron chi connectivity index (χ1n) is 5.49. The van der Waals surface area contributed by atoms with Crippen LogP contribution in [-0.4, -0.2) is 25.3 Å². The molecular weight excluding hydrogens is 209 g/mol. The first-order valence-corrected chi connectivity index (χ1v) is 5.49. The molecule has 0 spiro atoms. The monoisotopic (exact) mass is 225 g/mol. The molecule has 16 heavy (non-hydrogen) atoms. The zero-order valence-electron chi connectivity index (χ0n) is 9.29. The lowest BCUT2D eigenvalue weighted by Crippen LogP contribution is -2.28. The van der Waals surface area contributed by atoms with E-state index in [-0.39, 0.29) is 17.5 Å². The summed E-state index contributed by atoms with van der Waals surface area (Å²) in [6.45, 7) is 1.69. The highest BCUT2D eigenvalue weighted by Crippen LogP contribution is 2.35. The van der Waals surface area contributed by atoms with Crippen LogP contribution < -0.4 is 10.1 Å². The van der Waals surface area contributed by atoms with Gasteiger partial charge in [0.2, 0.25) is 0 Å². The summed E-state index contributed by atoms with van der Waals surface area (Å²) < 4.78 is 18.7. The van der Waals surface area contributed by atoms with Crippen molar-refractivity contribution >= 4 is 0 Å². The van der Waals surface area contributed by atoms with Crippen molar-refractivity contribution in [3.8, 4) is 11.5 Å². The van der Waals surface area contributed by atoms with Gasteiger partial charge in [0.25, 0.3) is 0 Å². The third-order valence-electron chi connectivity index (χ3n) is 3.02. The Bertz CT molecular complexity index is 352. The average Bonchev–Trinajstić information content (AvgIpc) is 2.29. The maximum atomic E-state index is 13.8. The van der Waals surface area contributed by atoms with Crippen LogP contribution in [0.25, 0.3) is 0 Å². The van der Waals surface area contributed by atoms with Gasteiger partial charge in [-0.3, -0.25) is 0 Å². The Kier molecular flexibility index (Phi) is 3.29. The maximum absolute atomic E-state index is 13.8. The van der Waals surface area contributed by atoms with Gasteiger partial charge < -0.3 is 15.2 Å². The average molecular weight is 225 g/mol. The summed E-state index contributed by atoms with van der Waals surface area (Å²) in [5.41, 5.74) is 0.410. The molecule has 1 atom stereocenters. The molecule has 88 valence electrons. The largest absolute Gasteiger partial charge is 0.507 e. The van der Waals surface area contributed by atoms with Gasteiger partial charge in [-0.25, -0.2) is 4.39 Å². The molecule has 0 radical (unpaired) electrons. The second-order valence-electron chi connectivity index (χ2n) is 4.09. The third-order valence-corrected chi connectivity index (χ3v) is 3.02. The molecule has 1 heterocycles. The molecule has 0 amide bonds. The van der Waals surface area contributed by atoms with Crippen molar-refractivity contribution in [1.29, 1.82) is 0 Å². The van der Waals surface area contributed by atoms with Crippen LogP contribution in [0.5, 0.6) is 11.5 Å². The van der Waals surface area contributed by atoms with E-state index in [4.69, 9.17) is 4.74 Å². The lowest BCUT2D eigenvalue weighted by Gasteiger charge is -2.24. The van der Waals surface area contributed by atoms with Crippen molar-refractivity contribution in [2.45, 2.75) is 18.8 Å². The van der Waals surface area contributed by atoms with Gasteiger partial charge in [-0.2, -0.15) is 0 Å². The van der Waals surface area contributed by atoms with E-state index in [1.807, 2.05) is 0 Å². The summed E-state index contributed by atoms with van der Waals surface area (Å²) in [6.07, 6.45) is 1.92. The normalized spacial score (nSPS) is 20.8. The van der Waals surface area contributed by atoms with E-state index in [1.165, 1.54) is 19.2 Å². The number of nitrogens with one attached hydrogen (secondary N) is 1. The number of rotatable bonds is 2. The van der Waals surface area contributed by atoms with Gasteiger partial charge in [0.15, 0.2) is 0 Å². The van der Waals surface area contributed by atoms with Crippen LogP contribution in [0.15, 0.2) is 12.1 Å². The molecule has 1 unspecified atom stereocenters. The van der Waals surface area contributed by atoms with E-state index < -0.39 is 0 Å². The highest BCUT2D eigenvalue weighted by molar-refractivity contribution is 5.43. The summed E-state index contributed by atoms with van der Waals surface area (Å²) >= 11 is 0. The maximum Gasteiger partial charge on any atom is 0.134 e. The van der Waals surface area contributed by atoms with Crippen LogP contribution in [-0.2, 0) is 0 Å². The minimum atomic E-state index is -0.384. The Balaban J connectivity index is 2.32. The molecule has 0 saturated carbocycles. The van der Waals surface area contributed by atoms with Gasteiger partial charge in [0.05, 0.1) is 7.11 Å². The molecule has 1 aliphatic rings. The van der Waals surface area contributed by atoms with Crippen LogP contribution in [0, 0.1) is 5.82 Å². The topological polar surface area (TPSA) is 41.5 Å². The molecule has 1 saturated heterocycles. The van der Waals surface area contributed by atoms with Crippen molar-refractivity contribution in [3.05, 3.63) is 23.5 Å². The van der Waals surface area contributed by atoms with Gasteiger partial charge in [0, 0.05) is 30.2 Å².